The van der Waals surface area contributed by atoms with Crippen LogP contribution in [-0.2, 0) is 19.1 Å². The fourth-order valence-corrected chi connectivity index (χ4v) is 2.59. The maximum Gasteiger partial charge on any atom is 0.386 e. The van der Waals surface area contributed by atoms with Crippen LogP contribution in [0.15, 0.2) is 0 Å². The van der Waals surface area contributed by atoms with Gasteiger partial charge in [0.05, 0.1) is 27.3 Å². The van der Waals surface area contributed by atoms with Gasteiger partial charge in [0.1, 0.15) is 6.42 Å². The Morgan fingerprint density at radius 3 is 1.57 bits per heavy atom. The zero-order valence-corrected chi connectivity index (χ0v) is 11.7. The highest BCUT2D eigenvalue weighted by Crippen LogP contribution is 2.34. The van der Waals surface area contributed by atoms with E-state index in [0.717, 1.165) is 14.2 Å². The number of likely N-dealkylation sites (tertiary alicyclic amines) is 1. The van der Waals surface area contributed by atoms with E-state index in [4.69, 9.17) is 0 Å². The van der Waals surface area contributed by atoms with Crippen LogP contribution in [0.1, 0.15) is 6.42 Å². The third-order valence-electron chi connectivity index (χ3n) is 3.48. The van der Waals surface area contributed by atoms with Crippen LogP contribution in [0.25, 0.3) is 0 Å². The first-order valence-electron chi connectivity index (χ1n) is 5.80. The first kappa shape index (κ1) is 16.8. The van der Waals surface area contributed by atoms with Gasteiger partial charge in [0.15, 0.2) is 0 Å². The largest absolute Gasteiger partial charge is 0.464 e. The molecule has 1 aliphatic rings. The van der Waals surface area contributed by atoms with Crippen molar-refractivity contribution in [1.82, 2.24) is 4.90 Å². The maximum atomic E-state index is 11.8. The molecule has 0 amide bonds. The summed E-state index contributed by atoms with van der Waals surface area (Å²) in [6.45, 7) is -0.807. The summed E-state index contributed by atoms with van der Waals surface area (Å²) in [5.74, 6) is -2.48. The molecule has 0 radical (unpaired) electrons. The average Bonchev–Trinajstić information content (AvgIpc) is 2.43. The summed E-state index contributed by atoms with van der Waals surface area (Å²) in [5.41, 5.74) is -4.80. The van der Waals surface area contributed by atoms with Gasteiger partial charge < -0.3 is 9.47 Å². The van der Waals surface area contributed by atoms with Crippen LogP contribution in [0.4, 0.5) is 0 Å². The number of nitro groups is 2. The summed E-state index contributed by atoms with van der Waals surface area (Å²) in [4.78, 5) is 45.6. The van der Waals surface area contributed by atoms with Gasteiger partial charge in [0, 0.05) is 9.85 Å². The zero-order valence-electron chi connectivity index (χ0n) is 11.7. The topological polar surface area (TPSA) is 142 Å². The van der Waals surface area contributed by atoms with Crippen molar-refractivity contribution in [3.05, 3.63) is 20.2 Å². The van der Waals surface area contributed by atoms with E-state index < -0.39 is 52.4 Å². The minimum absolute atomic E-state index is 0.404. The summed E-state index contributed by atoms with van der Waals surface area (Å²) in [7, 11) is 3.21. The van der Waals surface area contributed by atoms with Gasteiger partial charge in [0.2, 0.25) is 0 Å². The number of nitrogens with zero attached hydrogens (tertiary/aromatic N) is 3. The highest BCUT2D eigenvalue weighted by atomic mass is 16.7. The Kier molecular flexibility index (Phi) is 4.46. The molecule has 0 aromatic carbocycles. The number of rotatable bonds is 4. The van der Waals surface area contributed by atoms with Crippen molar-refractivity contribution in [3.63, 3.8) is 0 Å². The second-order valence-electron chi connectivity index (χ2n) is 4.91. The Labute approximate surface area is 119 Å². The summed E-state index contributed by atoms with van der Waals surface area (Å²) in [6, 6.07) is 0. The second kappa shape index (κ2) is 5.60. The fourth-order valence-electron chi connectivity index (χ4n) is 2.59. The van der Waals surface area contributed by atoms with Crippen molar-refractivity contribution in [3.8, 4) is 0 Å². The lowest BCUT2D eigenvalue weighted by Crippen LogP contribution is -2.70. The molecule has 0 aromatic heterocycles. The lowest BCUT2D eigenvalue weighted by atomic mass is 9.78. The third-order valence-corrected chi connectivity index (χ3v) is 3.48. The molecule has 0 bridgehead atoms. The number of carbonyl (C=O) groups is 2. The van der Waals surface area contributed by atoms with E-state index >= 15 is 0 Å². The van der Waals surface area contributed by atoms with Gasteiger partial charge in [-0.25, -0.2) is 9.59 Å². The zero-order chi connectivity index (χ0) is 16.4. The summed E-state index contributed by atoms with van der Waals surface area (Å²) < 4.78 is 8.81. The Morgan fingerprint density at radius 2 is 1.33 bits per heavy atom. The van der Waals surface area contributed by atoms with Crippen LogP contribution >= 0.6 is 0 Å². The normalized spacial score (nSPS) is 29.5. The van der Waals surface area contributed by atoms with Crippen molar-refractivity contribution in [2.75, 3.05) is 34.4 Å². The SMILES string of the molecule is COC(=O)C1([N+](=O)[O-])CN(C)CC(C(=O)OC)([N+](=O)[O-])C1. The van der Waals surface area contributed by atoms with Crippen molar-refractivity contribution in [2.45, 2.75) is 17.5 Å². The molecule has 11 heteroatoms. The van der Waals surface area contributed by atoms with Gasteiger partial charge in [-0.2, -0.15) is 0 Å². The van der Waals surface area contributed by atoms with Crippen molar-refractivity contribution in [2.24, 2.45) is 0 Å². The van der Waals surface area contributed by atoms with E-state index in [1.165, 1.54) is 11.9 Å². The van der Waals surface area contributed by atoms with Crippen LogP contribution in [-0.4, -0.2) is 72.1 Å². The lowest BCUT2D eigenvalue weighted by molar-refractivity contribution is -0.607. The van der Waals surface area contributed by atoms with Crippen LogP contribution in [0, 0.1) is 20.2 Å². The number of ether oxygens (including phenoxy) is 2. The van der Waals surface area contributed by atoms with Gasteiger partial charge in [-0.05, 0) is 7.05 Å². The van der Waals surface area contributed by atoms with Crippen LogP contribution < -0.4 is 0 Å². The molecule has 2 atom stereocenters. The van der Waals surface area contributed by atoms with Gasteiger partial charge in [-0.15, -0.1) is 0 Å². The summed E-state index contributed by atoms with van der Waals surface area (Å²) in [5, 5.41) is 22.7. The minimum atomic E-state index is -2.40. The van der Waals surface area contributed by atoms with E-state index in [-0.39, 0.29) is 0 Å². The molecule has 0 saturated carbocycles. The molecule has 1 fully saturated rings. The number of methoxy groups -OCH3 is 2. The van der Waals surface area contributed by atoms with Gasteiger partial charge in [-0.1, -0.05) is 0 Å². The minimum Gasteiger partial charge on any atom is -0.464 e. The number of hydrogen-bond acceptors (Lipinski definition) is 9. The van der Waals surface area contributed by atoms with Crippen molar-refractivity contribution in [1.29, 1.82) is 0 Å². The van der Waals surface area contributed by atoms with E-state index in [1.54, 1.807) is 0 Å². The molecule has 1 heterocycles. The molecule has 0 aromatic rings. The Balaban J connectivity index is 3.45. The number of esters is 2. The third kappa shape index (κ3) is 2.51. The average molecular weight is 305 g/mol. The molecule has 0 N–H and O–H groups in total. The standard InChI is InChI=1S/C10H15N3O8/c1-11-5-9(12(16)17,7(14)20-2)4-10(6-11,13(18)19)8(15)21-3/h4-6H2,1-3H3. The molecule has 0 aliphatic carbocycles. The van der Waals surface area contributed by atoms with Gasteiger partial charge >= 0.3 is 23.0 Å². The molecule has 2 unspecified atom stereocenters. The molecular weight excluding hydrogens is 290 g/mol. The highest BCUT2D eigenvalue weighted by molar-refractivity contribution is 5.85. The fraction of sp³-hybridized carbons (Fsp3) is 0.800. The Bertz CT molecular complexity index is 453. The first-order chi connectivity index (χ1) is 9.66. The van der Waals surface area contributed by atoms with Crippen LogP contribution in [0.5, 0.6) is 0 Å². The molecule has 21 heavy (non-hydrogen) atoms. The molecular formula is C10H15N3O8. The lowest BCUT2D eigenvalue weighted by Gasteiger charge is -2.38. The summed E-state index contributed by atoms with van der Waals surface area (Å²) in [6.07, 6.45) is -0.927. The monoisotopic (exact) mass is 305 g/mol. The van der Waals surface area contributed by atoms with Crippen molar-refractivity contribution < 1.29 is 28.9 Å². The maximum absolute atomic E-state index is 11.8. The number of likely N-dealkylation sites (N-methyl/N-ethyl adjacent to an activating group) is 1. The summed E-state index contributed by atoms with van der Waals surface area (Å²) >= 11 is 0. The van der Waals surface area contributed by atoms with E-state index in [9.17, 15) is 29.8 Å². The Hall–Kier alpha value is -2.30. The predicted molar refractivity (Wildman–Crippen MR) is 65.6 cm³/mol. The molecule has 1 aliphatic heterocycles. The smallest absolute Gasteiger partial charge is 0.386 e. The highest BCUT2D eigenvalue weighted by Gasteiger charge is 2.70. The number of hydrogen-bond donors (Lipinski definition) is 0. The van der Waals surface area contributed by atoms with Gasteiger partial charge in [0.25, 0.3) is 0 Å². The Morgan fingerprint density at radius 1 is 1.00 bits per heavy atom. The molecule has 0 spiro atoms. The van der Waals surface area contributed by atoms with Crippen LogP contribution in [0.2, 0.25) is 0 Å². The molecule has 1 saturated heterocycles. The number of carbonyl (C=O) groups excluding carboxylic acids is 2. The van der Waals surface area contributed by atoms with E-state index in [1.807, 2.05) is 0 Å². The predicted octanol–water partition coefficient (Wildman–Crippen LogP) is -1.30. The first-order valence-corrected chi connectivity index (χ1v) is 5.80. The van der Waals surface area contributed by atoms with Crippen molar-refractivity contribution >= 4 is 11.9 Å². The van der Waals surface area contributed by atoms with Crippen LogP contribution in [0.3, 0.4) is 0 Å². The van der Waals surface area contributed by atoms with E-state index in [2.05, 4.69) is 9.47 Å². The molecule has 118 valence electrons. The molecule has 1 rings (SSSR count). The van der Waals surface area contributed by atoms with Gasteiger partial charge in [-0.3, -0.25) is 25.1 Å². The second-order valence-corrected chi connectivity index (χ2v) is 4.91. The van der Waals surface area contributed by atoms with E-state index in [0.29, 0.717) is 0 Å². The quantitative estimate of drug-likeness (QED) is 0.351. The molecule has 11 nitrogen and oxygen atoms in total. The number of piperidine rings is 1.